The lowest BCUT2D eigenvalue weighted by Gasteiger charge is -2.18. The number of rotatable bonds is 2. The first-order valence-corrected chi connectivity index (χ1v) is 5.69. The fourth-order valence-electron chi connectivity index (χ4n) is 2.37. The molecule has 1 fully saturated rings. The number of ether oxygens (including phenoxy) is 1. The van der Waals surface area contributed by atoms with E-state index in [1.165, 1.54) is 6.42 Å². The molecule has 82 valence electrons. The maximum atomic E-state index is 6.09. The fraction of sp³-hybridized carbons (Fsp3) is 0.500. The molecule has 0 saturated heterocycles. The summed E-state index contributed by atoms with van der Waals surface area (Å²) in [5, 5.41) is 0.755. The smallest absolute Gasteiger partial charge is 0.122 e. The first-order chi connectivity index (χ1) is 7.22. The van der Waals surface area contributed by atoms with Crippen LogP contribution >= 0.6 is 11.6 Å². The SMILES string of the molecule is COc1ccc(Cl)cc1C1CCCC1N. The Balaban J connectivity index is 2.36. The van der Waals surface area contributed by atoms with Gasteiger partial charge in [-0.2, -0.15) is 0 Å². The Morgan fingerprint density at radius 1 is 1.40 bits per heavy atom. The van der Waals surface area contributed by atoms with Crippen LogP contribution in [0.4, 0.5) is 0 Å². The zero-order valence-electron chi connectivity index (χ0n) is 8.87. The molecule has 1 aromatic rings. The van der Waals surface area contributed by atoms with Crippen molar-refractivity contribution in [2.45, 2.75) is 31.2 Å². The highest BCUT2D eigenvalue weighted by Gasteiger charge is 2.27. The van der Waals surface area contributed by atoms with Crippen molar-refractivity contribution in [1.29, 1.82) is 0 Å². The molecule has 1 saturated carbocycles. The van der Waals surface area contributed by atoms with E-state index < -0.39 is 0 Å². The molecule has 15 heavy (non-hydrogen) atoms. The molecule has 0 spiro atoms. The zero-order chi connectivity index (χ0) is 10.8. The van der Waals surface area contributed by atoms with Crippen LogP contribution in [0.25, 0.3) is 0 Å². The molecule has 1 aromatic carbocycles. The molecule has 0 amide bonds. The molecule has 2 N–H and O–H groups in total. The predicted molar refractivity (Wildman–Crippen MR) is 62.6 cm³/mol. The summed E-state index contributed by atoms with van der Waals surface area (Å²) in [7, 11) is 1.69. The van der Waals surface area contributed by atoms with Gasteiger partial charge in [0.25, 0.3) is 0 Å². The van der Waals surface area contributed by atoms with Gasteiger partial charge in [0.15, 0.2) is 0 Å². The summed E-state index contributed by atoms with van der Waals surface area (Å²) in [4.78, 5) is 0. The Labute approximate surface area is 95.4 Å². The monoisotopic (exact) mass is 225 g/mol. The highest BCUT2D eigenvalue weighted by Crippen LogP contribution is 2.39. The standard InChI is InChI=1S/C12H16ClNO/c1-15-12-6-5-8(13)7-10(12)9-3-2-4-11(9)14/h5-7,9,11H,2-4,14H2,1H3. The molecule has 2 unspecified atom stereocenters. The van der Waals surface area contributed by atoms with Crippen LogP contribution in [-0.2, 0) is 0 Å². The molecule has 3 heteroatoms. The van der Waals surface area contributed by atoms with Crippen LogP contribution in [0.5, 0.6) is 5.75 Å². The highest BCUT2D eigenvalue weighted by atomic mass is 35.5. The molecule has 0 radical (unpaired) electrons. The van der Waals surface area contributed by atoms with Gasteiger partial charge >= 0.3 is 0 Å². The van der Waals surface area contributed by atoms with Crippen LogP contribution in [-0.4, -0.2) is 13.2 Å². The van der Waals surface area contributed by atoms with Crippen LogP contribution in [0.1, 0.15) is 30.7 Å². The summed E-state index contributed by atoms with van der Waals surface area (Å²) in [6.45, 7) is 0. The second-order valence-corrected chi connectivity index (χ2v) is 4.52. The molecule has 0 heterocycles. The number of hydrogen-bond donors (Lipinski definition) is 1. The fourth-order valence-corrected chi connectivity index (χ4v) is 2.55. The molecule has 2 rings (SSSR count). The minimum absolute atomic E-state index is 0.248. The van der Waals surface area contributed by atoms with Gasteiger partial charge in [-0.25, -0.2) is 0 Å². The normalized spacial score (nSPS) is 25.5. The molecule has 0 aromatic heterocycles. The third-order valence-corrected chi connectivity index (χ3v) is 3.40. The van der Waals surface area contributed by atoms with E-state index in [2.05, 4.69) is 0 Å². The van der Waals surface area contributed by atoms with E-state index in [0.29, 0.717) is 5.92 Å². The third-order valence-electron chi connectivity index (χ3n) is 3.16. The Hall–Kier alpha value is -0.730. The second kappa shape index (κ2) is 4.42. The van der Waals surface area contributed by atoms with Crippen molar-refractivity contribution in [3.63, 3.8) is 0 Å². The number of nitrogens with two attached hydrogens (primary N) is 1. The average Bonchev–Trinajstić information content (AvgIpc) is 2.64. The summed E-state index contributed by atoms with van der Waals surface area (Å²) in [5.41, 5.74) is 7.25. The van der Waals surface area contributed by atoms with E-state index in [9.17, 15) is 0 Å². The Morgan fingerprint density at radius 3 is 2.80 bits per heavy atom. The van der Waals surface area contributed by atoms with Gasteiger partial charge in [0.05, 0.1) is 7.11 Å². The van der Waals surface area contributed by atoms with E-state index in [4.69, 9.17) is 22.1 Å². The van der Waals surface area contributed by atoms with E-state index in [1.807, 2.05) is 18.2 Å². The van der Waals surface area contributed by atoms with Gasteiger partial charge in [-0.3, -0.25) is 0 Å². The first kappa shape index (κ1) is 10.8. The number of halogens is 1. The molecule has 1 aliphatic carbocycles. The maximum absolute atomic E-state index is 6.09. The van der Waals surface area contributed by atoms with E-state index >= 15 is 0 Å². The van der Waals surface area contributed by atoms with Crippen LogP contribution in [0.3, 0.4) is 0 Å². The average molecular weight is 226 g/mol. The second-order valence-electron chi connectivity index (χ2n) is 4.09. The minimum Gasteiger partial charge on any atom is -0.496 e. The molecule has 0 aliphatic heterocycles. The van der Waals surface area contributed by atoms with Gasteiger partial charge in [0.1, 0.15) is 5.75 Å². The largest absolute Gasteiger partial charge is 0.496 e. The quantitative estimate of drug-likeness (QED) is 0.840. The summed E-state index contributed by atoms with van der Waals surface area (Å²) in [5.74, 6) is 1.31. The van der Waals surface area contributed by atoms with E-state index in [-0.39, 0.29) is 6.04 Å². The number of methoxy groups -OCH3 is 1. The first-order valence-electron chi connectivity index (χ1n) is 5.31. The van der Waals surface area contributed by atoms with Crippen molar-refractivity contribution in [3.05, 3.63) is 28.8 Å². The highest BCUT2D eigenvalue weighted by molar-refractivity contribution is 6.30. The lowest BCUT2D eigenvalue weighted by molar-refractivity contribution is 0.403. The van der Waals surface area contributed by atoms with Crippen LogP contribution in [0.15, 0.2) is 18.2 Å². The molecular formula is C12H16ClNO. The molecular weight excluding hydrogens is 210 g/mol. The third kappa shape index (κ3) is 2.11. The zero-order valence-corrected chi connectivity index (χ0v) is 9.63. The summed E-state index contributed by atoms with van der Waals surface area (Å²) >= 11 is 6.00. The van der Waals surface area contributed by atoms with Crippen molar-refractivity contribution in [2.75, 3.05) is 7.11 Å². The molecule has 1 aliphatic rings. The van der Waals surface area contributed by atoms with E-state index in [0.717, 1.165) is 29.2 Å². The number of hydrogen-bond acceptors (Lipinski definition) is 2. The topological polar surface area (TPSA) is 35.2 Å². The molecule has 0 bridgehead atoms. The van der Waals surface area contributed by atoms with Crippen molar-refractivity contribution in [3.8, 4) is 5.75 Å². The Morgan fingerprint density at radius 2 is 2.20 bits per heavy atom. The lowest BCUT2D eigenvalue weighted by atomic mass is 9.94. The van der Waals surface area contributed by atoms with Crippen molar-refractivity contribution in [2.24, 2.45) is 5.73 Å². The van der Waals surface area contributed by atoms with Gasteiger partial charge in [0, 0.05) is 22.5 Å². The van der Waals surface area contributed by atoms with Crippen molar-refractivity contribution in [1.82, 2.24) is 0 Å². The summed E-state index contributed by atoms with van der Waals surface area (Å²) in [6.07, 6.45) is 3.43. The van der Waals surface area contributed by atoms with Gasteiger partial charge < -0.3 is 10.5 Å². The van der Waals surface area contributed by atoms with Crippen LogP contribution in [0, 0.1) is 0 Å². The van der Waals surface area contributed by atoms with Gasteiger partial charge in [-0.1, -0.05) is 18.0 Å². The van der Waals surface area contributed by atoms with Crippen LogP contribution in [0.2, 0.25) is 5.02 Å². The molecule has 2 atom stereocenters. The van der Waals surface area contributed by atoms with Gasteiger partial charge in [0.2, 0.25) is 0 Å². The minimum atomic E-state index is 0.248. The van der Waals surface area contributed by atoms with E-state index in [1.54, 1.807) is 7.11 Å². The Kier molecular flexibility index (Phi) is 3.17. The Bertz CT molecular complexity index is 353. The summed E-state index contributed by atoms with van der Waals surface area (Å²) in [6, 6.07) is 6.00. The lowest BCUT2D eigenvalue weighted by Crippen LogP contribution is -2.23. The van der Waals surface area contributed by atoms with Gasteiger partial charge in [-0.05, 0) is 31.0 Å². The number of benzene rings is 1. The van der Waals surface area contributed by atoms with Gasteiger partial charge in [-0.15, -0.1) is 0 Å². The maximum Gasteiger partial charge on any atom is 0.122 e. The van der Waals surface area contributed by atoms with Crippen molar-refractivity contribution >= 4 is 11.6 Å². The summed E-state index contributed by atoms with van der Waals surface area (Å²) < 4.78 is 5.35. The van der Waals surface area contributed by atoms with Crippen LogP contribution < -0.4 is 10.5 Å². The molecule has 2 nitrogen and oxygen atoms in total. The predicted octanol–water partition coefficient (Wildman–Crippen LogP) is 2.94. The van der Waals surface area contributed by atoms with Crippen molar-refractivity contribution < 1.29 is 4.74 Å².